The van der Waals surface area contributed by atoms with Gasteiger partial charge in [-0.15, -0.1) is 24.8 Å². The van der Waals surface area contributed by atoms with Crippen molar-refractivity contribution < 1.29 is 4.79 Å². The van der Waals surface area contributed by atoms with Crippen molar-refractivity contribution >= 4 is 30.7 Å². The number of likely N-dealkylation sites (tertiary alicyclic amines) is 1. The first-order chi connectivity index (χ1) is 10.6. The zero-order valence-corrected chi connectivity index (χ0v) is 16.7. The lowest BCUT2D eigenvalue weighted by Crippen LogP contribution is -2.39. The Morgan fingerprint density at radius 3 is 2.58 bits per heavy atom. The smallest absolute Gasteiger partial charge is 0.224 e. The maximum Gasteiger partial charge on any atom is 0.224 e. The van der Waals surface area contributed by atoms with Gasteiger partial charge in [0, 0.05) is 44.4 Å². The molecule has 1 aliphatic heterocycles. The average molecular weight is 379 g/mol. The number of carbonyl (C=O) groups is 1. The highest BCUT2D eigenvalue weighted by molar-refractivity contribution is 5.85. The van der Waals surface area contributed by atoms with Gasteiger partial charge in [-0.25, -0.2) is 4.98 Å². The van der Waals surface area contributed by atoms with Crippen molar-refractivity contribution in [2.24, 2.45) is 5.92 Å². The van der Waals surface area contributed by atoms with Gasteiger partial charge in [0.05, 0.1) is 0 Å². The van der Waals surface area contributed by atoms with E-state index in [0.717, 1.165) is 50.8 Å². The number of hydrogen-bond donors (Lipinski definition) is 1. The van der Waals surface area contributed by atoms with Crippen LogP contribution in [0.4, 0.5) is 0 Å². The molecule has 1 saturated heterocycles. The number of aromatic nitrogens is 2. The third-order valence-corrected chi connectivity index (χ3v) is 4.60. The minimum atomic E-state index is 0. The minimum absolute atomic E-state index is 0. The van der Waals surface area contributed by atoms with Crippen LogP contribution in [0.3, 0.4) is 0 Å². The summed E-state index contributed by atoms with van der Waals surface area (Å²) < 4.78 is 2.11. The summed E-state index contributed by atoms with van der Waals surface area (Å²) in [6.45, 7) is 7.94. The number of piperidine rings is 1. The summed E-state index contributed by atoms with van der Waals surface area (Å²) >= 11 is 0. The van der Waals surface area contributed by atoms with Crippen LogP contribution in [0, 0.1) is 5.92 Å². The van der Waals surface area contributed by atoms with Gasteiger partial charge in [-0.1, -0.05) is 13.8 Å². The van der Waals surface area contributed by atoms with Gasteiger partial charge in [-0.2, -0.15) is 0 Å². The summed E-state index contributed by atoms with van der Waals surface area (Å²) in [5, 5.41) is 3.21. The van der Waals surface area contributed by atoms with Crippen molar-refractivity contribution in [3.63, 3.8) is 0 Å². The second-order valence-corrected chi connectivity index (χ2v) is 6.60. The van der Waals surface area contributed by atoms with Crippen LogP contribution >= 0.6 is 24.8 Å². The van der Waals surface area contributed by atoms with Gasteiger partial charge in [-0.05, 0) is 38.8 Å². The molecule has 1 amide bonds. The van der Waals surface area contributed by atoms with Crippen molar-refractivity contribution in [2.75, 3.05) is 26.7 Å². The summed E-state index contributed by atoms with van der Waals surface area (Å²) in [6, 6.07) is 0. The molecule has 7 heteroatoms. The van der Waals surface area contributed by atoms with Crippen molar-refractivity contribution in [1.82, 2.24) is 19.8 Å². The number of nitrogens with one attached hydrogen (secondary N) is 1. The van der Waals surface area contributed by atoms with Gasteiger partial charge in [0.1, 0.15) is 5.82 Å². The van der Waals surface area contributed by atoms with E-state index < -0.39 is 0 Å². The molecule has 2 heterocycles. The fraction of sp³-hybridized carbons (Fsp3) is 0.765. The normalized spacial score (nSPS) is 15.1. The molecule has 1 N–H and O–H groups in total. The predicted octanol–water partition coefficient (Wildman–Crippen LogP) is 3.09. The lowest BCUT2D eigenvalue weighted by atomic mass is 9.93. The lowest BCUT2D eigenvalue weighted by Gasteiger charge is -2.32. The van der Waals surface area contributed by atoms with E-state index in [9.17, 15) is 4.79 Å². The first kappa shape index (κ1) is 23.2. The molecule has 0 saturated carbocycles. The topological polar surface area (TPSA) is 50.2 Å². The average Bonchev–Trinajstić information content (AvgIpc) is 3.00. The Balaban J connectivity index is 0.00000264. The predicted molar refractivity (Wildman–Crippen MR) is 103 cm³/mol. The van der Waals surface area contributed by atoms with Gasteiger partial charge in [-0.3, -0.25) is 4.79 Å². The van der Waals surface area contributed by atoms with Gasteiger partial charge < -0.3 is 14.8 Å². The van der Waals surface area contributed by atoms with E-state index in [1.54, 1.807) is 0 Å². The molecule has 0 bridgehead atoms. The molecule has 1 aromatic rings. The summed E-state index contributed by atoms with van der Waals surface area (Å²) in [6.07, 6.45) is 7.91. The number of amides is 1. The molecule has 140 valence electrons. The molecule has 24 heavy (non-hydrogen) atoms. The zero-order valence-electron chi connectivity index (χ0n) is 15.0. The highest BCUT2D eigenvalue weighted by Gasteiger charge is 2.22. The monoisotopic (exact) mass is 378 g/mol. The van der Waals surface area contributed by atoms with Crippen LogP contribution < -0.4 is 5.32 Å². The van der Waals surface area contributed by atoms with E-state index in [-0.39, 0.29) is 30.7 Å². The fourth-order valence-corrected chi connectivity index (χ4v) is 3.20. The summed E-state index contributed by atoms with van der Waals surface area (Å²) in [5.74, 6) is 2.53. The highest BCUT2D eigenvalue weighted by atomic mass is 35.5. The summed E-state index contributed by atoms with van der Waals surface area (Å²) in [5.41, 5.74) is 0. The zero-order chi connectivity index (χ0) is 15.9. The third kappa shape index (κ3) is 6.61. The van der Waals surface area contributed by atoms with Crippen LogP contribution in [-0.4, -0.2) is 47.0 Å². The van der Waals surface area contributed by atoms with Gasteiger partial charge in [0.25, 0.3) is 0 Å². The van der Waals surface area contributed by atoms with Gasteiger partial charge in [0.2, 0.25) is 5.91 Å². The standard InChI is InChI=1S/C17H30N4O.2ClH/c1-14(2)17-19-9-13-21(17)12-7-16(22)20-10-5-15(6-11-20)4-8-18-3;;/h9,13-15,18H,4-8,10-12H2,1-3H3;2*1H. The van der Waals surface area contributed by atoms with E-state index in [0.29, 0.717) is 12.3 Å². The van der Waals surface area contributed by atoms with Crippen LogP contribution in [0.5, 0.6) is 0 Å². The maximum absolute atomic E-state index is 12.4. The van der Waals surface area contributed by atoms with Crippen LogP contribution in [-0.2, 0) is 11.3 Å². The molecule has 1 aromatic heterocycles. The number of hydrogen-bond acceptors (Lipinski definition) is 3. The molecule has 1 fully saturated rings. The van der Waals surface area contributed by atoms with E-state index in [1.807, 2.05) is 24.3 Å². The second kappa shape index (κ2) is 11.7. The van der Waals surface area contributed by atoms with E-state index >= 15 is 0 Å². The number of halogens is 2. The van der Waals surface area contributed by atoms with E-state index in [4.69, 9.17) is 0 Å². The first-order valence-electron chi connectivity index (χ1n) is 8.55. The van der Waals surface area contributed by atoms with Gasteiger partial charge >= 0.3 is 0 Å². The lowest BCUT2D eigenvalue weighted by molar-refractivity contribution is -0.132. The van der Waals surface area contributed by atoms with Crippen molar-refractivity contribution in [3.8, 4) is 0 Å². The van der Waals surface area contributed by atoms with Crippen LogP contribution in [0.2, 0.25) is 0 Å². The third-order valence-electron chi connectivity index (χ3n) is 4.60. The molecule has 1 aliphatic rings. The second-order valence-electron chi connectivity index (χ2n) is 6.60. The molecule has 0 radical (unpaired) electrons. The minimum Gasteiger partial charge on any atom is -0.343 e. The largest absolute Gasteiger partial charge is 0.343 e. The number of imidazole rings is 1. The number of nitrogens with zero attached hydrogens (tertiary/aromatic N) is 3. The fourth-order valence-electron chi connectivity index (χ4n) is 3.20. The Bertz CT molecular complexity index is 471. The Hall–Kier alpha value is -0.780. The maximum atomic E-state index is 12.4. The number of rotatable bonds is 7. The Labute approximate surface area is 158 Å². The Morgan fingerprint density at radius 1 is 1.33 bits per heavy atom. The Morgan fingerprint density at radius 2 is 2.00 bits per heavy atom. The van der Waals surface area contributed by atoms with Crippen LogP contribution in [0.25, 0.3) is 0 Å². The highest BCUT2D eigenvalue weighted by Crippen LogP contribution is 2.21. The van der Waals surface area contributed by atoms with Crippen LogP contribution in [0.1, 0.15) is 51.3 Å². The molecule has 0 atom stereocenters. The first-order valence-corrected chi connectivity index (χ1v) is 8.55. The molecule has 0 aliphatic carbocycles. The SMILES string of the molecule is CNCCC1CCN(C(=O)CCn2ccnc2C(C)C)CC1.Cl.Cl. The molecular formula is C17H32Cl2N4O. The number of aryl methyl sites for hydroxylation is 1. The molecule has 0 unspecified atom stereocenters. The molecular weight excluding hydrogens is 347 g/mol. The molecule has 2 rings (SSSR count). The quantitative estimate of drug-likeness (QED) is 0.792. The summed E-state index contributed by atoms with van der Waals surface area (Å²) in [7, 11) is 2.00. The van der Waals surface area contributed by atoms with Crippen molar-refractivity contribution in [2.45, 2.75) is 52.0 Å². The Kier molecular flexibility index (Phi) is 11.3. The van der Waals surface area contributed by atoms with Crippen molar-refractivity contribution in [1.29, 1.82) is 0 Å². The van der Waals surface area contributed by atoms with E-state index in [1.165, 1.54) is 6.42 Å². The molecule has 5 nitrogen and oxygen atoms in total. The van der Waals surface area contributed by atoms with Crippen LogP contribution in [0.15, 0.2) is 12.4 Å². The summed E-state index contributed by atoms with van der Waals surface area (Å²) in [4.78, 5) is 18.8. The molecule has 0 spiro atoms. The molecule has 0 aromatic carbocycles. The van der Waals surface area contributed by atoms with E-state index in [2.05, 4.69) is 28.7 Å². The van der Waals surface area contributed by atoms with Crippen molar-refractivity contribution in [3.05, 3.63) is 18.2 Å². The van der Waals surface area contributed by atoms with Gasteiger partial charge in [0.15, 0.2) is 0 Å². The number of carbonyl (C=O) groups excluding carboxylic acids is 1.